The summed E-state index contributed by atoms with van der Waals surface area (Å²) in [6.07, 6.45) is 1.96. The highest BCUT2D eigenvalue weighted by Gasteiger charge is 2.36. The predicted octanol–water partition coefficient (Wildman–Crippen LogP) is 1.85. The monoisotopic (exact) mass is 391 g/mol. The van der Waals surface area contributed by atoms with Crippen molar-refractivity contribution in [3.05, 3.63) is 59.7 Å². The third-order valence-corrected chi connectivity index (χ3v) is 6.60. The summed E-state index contributed by atoms with van der Waals surface area (Å²) in [5.74, 6) is -1.50. The van der Waals surface area contributed by atoms with Gasteiger partial charge < -0.3 is 4.90 Å². The molecule has 2 heterocycles. The largest absolute Gasteiger partial charge is 0.344 e. The lowest BCUT2D eigenvalue weighted by molar-refractivity contribution is -0.133. The molecule has 1 atom stereocenters. The molecule has 1 aliphatic heterocycles. The van der Waals surface area contributed by atoms with Crippen molar-refractivity contribution in [2.45, 2.75) is 18.2 Å². The van der Waals surface area contributed by atoms with Crippen molar-refractivity contribution in [2.75, 3.05) is 26.7 Å². The Bertz CT molecular complexity index is 934. The number of aromatic nitrogens is 1. The van der Waals surface area contributed by atoms with Gasteiger partial charge in [-0.3, -0.25) is 9.78 Å². The molecular weight excluding hydrogens is 369 g/mol. The molecule has 1 aromatic carbocycles. The van der Waals surface area contributed by atoms with Crippen LogP contribution in [0.3, 0.4) is 0 Å². The van der Waals surface area contributed by atoms with E-state index >= 15 is 0 Å². The van der Waals surface area contributed by atoms with Crippen molar-refractivity contribution in [1.29, 1.82) is 0 Å². The van der Waals surface area contributed by atoms with Crippen LogP contribution in [0.5, 0.6) is 0 Å². The fourth-order valence-electron chi connectivity index (χ4n) is 3.19. The first-order valence-corrected chi connectivity index (χ1v) is 10.1. The number of hydrogen-bond acceptors (Lipinski definition) is 4. The topological polar surface area (TPSA) is 70.6 Å². The summed E-state index contributed by atoms with van der Waals surface area (Å²) in [5.41, 5.74) is 1.37. The average molecular weight is 391 g/mol. The number of nitrogens with zero attached hydrogens (tertiary/aromatic N) is 3. The molecule has 1 fully saturated rings. The second-order valence-electron chi connectivity index (χ2n) is 6.78. The molecule has 1 aliphatic rings. The highest BCUT2D eigenvalue weighted by Crippen LogP contribution is 2.24. The third-order valence-electron chi connectivity index (χ3n) is 4.72. The summed E-state index contributed by atoms with van der Waals surface area (Å²) < 4.78 is 41.6. The van der Waals surface area contributed by atoms with E-state index in [1.54, 1.807) is 32.3 Å². The van der Waals surface area contributed by atoms with E-state index in [4.69, 9.17) is 0 Å². The summed E-state index contributed by atoms with van der Waals surface area (Å²) in [6.45, 7) is 2.08. The van der Waals surface area contributed by atoms with Gasteiger partial charge >= 0.3 is 0 Å². The van der Waals surface area contributed by atoms with E-state index in [2.05, 4.69) is 4.98 Å². The van der Waals surface area contributed by atoms with Crippen LogP contribution in [0, 0.1) is 18.7 Å². The molecule has 0 bridgehead atoms. The number of benzene rings is 1. The molecule has 0 spiro atoms. The van der Waals surface area contributed by atoms with Crippen LogP contribution in [0.1, 0.15) is 11.3 Å². The smallest absolute Gasteiger partial charge is 0.246 e. The summed E-state index contributed by atoms with van der Waals surface area (Å²) in [5, 5.41) is 0. The Labute approximate surface area is 158 Å². The van der Waals surface area contributed by atoms with E-state index in [1.165, 1.54) is 21.3 Å². The van der Waals surface area contributed by atoms with E-state index in [9.17, 15) is 17.6 Å². The number of aryl methyl sites for hydroxylation is 1. The molecule has 1 aromatic heterocycles. The maximum absolute atomic E-state index is 14.2. The summed E-state index contributed by atoms with van der Waals surface area (Å²) >= 11 is 0. The van der Waals surface area contributed by atoms with Gasteiger partial charge in [0.1, 0.15) is 10.7 Å². The number of amides is 1. The van der Waals surface area contributed by atoms with Gasteiger partial charge in [-0.1, -0.05) is 12.1 Å². The van der Waals surface area contributed by atoms with Gasteiger partial charge in [-0.25, -0.2) is 12.8 Å². The molecule has 3 rings (SSSR count). The number of carbonyl (C=O) groups is 1. The number of rotatable bonds is 4. The molecule has 6 nitrogen and oxygen atoms in total. The lowest BCUT2D eigenvalue weighted by Crippen LogP contribution is -2.37. The van der Waals surface area contributed by atoms with E-state index in [0.29, 0.717) is 17.7 Å². The highest BCUT2D eigenvalue weighted by molar-refractivity contribution is 7.89. The maximum atomic E-state index is 14.2. The van der Waals surface area contributed by atoms with Gasteiger partial charge in [-0.15, -0.1) is 0 Å². The zero-order valence-electron chi connectivity index (χ0n) is 15.3. The molecule has 144 valence electrons. The predicted molar refractivity (Wildman–Crippen MR) is 99.0 cm³/mol. The summed E-state index contributed by atoms with van der Waals surface area (Å²) in [4.78, 5) is 18.1. The fourth-order valence-corrected chi connectivity index (χ4v) is 4.81. The van der Waals surface area contributed by atoms with Crippen molar-refractivity contribution in [1.82, 2.24) is 14.2 Å². The van der Waals surface area contributed by atoms with Crippen molar-refractivity contribution in [3.8, 4) is 0 Å². The van der Waals surface area contributed by atoms with Gasteiger partial charge in [0, 0.05) is 45.0 Å². The molecule has 2 aromatic rings. The fraction of sp³-hybridized carbons (Fsp3) is 0.368. The molecule has 0 radical (unpaired) electrons. The van der Waals surface area contributed by atoms with E-state index in [0.717, 1.165) is 6.07 Å². The Kier molecular flexibility index (Phi) is 5.57. The first-order valence-electron chi connectivity index (χ1n) is 8.70. The summed E-state index contributed by atoms with van der Waals surface area (Å²) in [7, 11) is -2.40. The SMILES string of the molecule is Cc1ccc(F)c(S(=O)(=O)N2CCN(C)C(=O)C(Cc3ccccn3)C2)c1. The van der Waals surface area contributed by atoms with Crippen molar-refractivity contribution < 1.29 is 17.6 Å². The first kappa shape index (κ1) is 19.4. The Morgan fingerprint density at radius 2 is 2.00 bits per heavy atom. The van der Waals surface area contributed by atoms with E-state index in [1.807, 2.05) is 6.07 Å². The molecule has 1 saturated heterocycles. The molecule has 1 unspecified atom stereocenters. The van der Waals surface area contributed by atoms with Crippen molar-refractivity contribution in [3.63, 3.8) is 0 Å². The van der Waals surface area contributed by atoms with Gasteiger partial charge in [0.15, 0.2) is 0 Å². The molecule has 0 saturated carbocycles. The lowest BCUT2D eigenvalue weighted by atomic mass is 10.0. The highest BCUT2D eigenvalue weighted by atomic mass is 32.2. The van der Waals surface area contributed by atoms with Gasteiger partial charge in [-0.2, -0.15) is 4.31 Å². The number of hydrogen-bond donors (Lipinski definition) is 0. The van der Waals surface area contributed by atoms with Crippen LogP contribution in [-0.4, -0.2) is 55.2 Å². The van der Waals surface area contributed by atoms with Crippen LogP contribution in [0.15, 0.2) is 47.5 Å². The van der Waals surface area contributed by atoms with Crippen LogP contribution in [-0.2, 0) is 21.2 Å². The van der Waals surface area contributed by atoms with Gasteiger partial charge in [0.25, 0.3) is 0 Å². The zero-order chi connectivity index (χ0) is 19.6. The van der Waals surface area contributed by atoms with Crippen LogP contribution in [0.4, 0.5) is 4.39 Å². The third kappa shape index (κ3) is 4.17. The molecule has 0 aliphatic carbocycles. The minimum absolute atomic E-state index is 0.00450. The normalized spacial score (nSPS) is 19.1. The van der Waals surface area contributed by atoms with Crippen LogP contribution in [0.25, 0.3) is 0 Å². The van der Waals surface area contributed by atoms with E-state index < -0.39 is 21.8 Å². The average Bonchev–Trinajstić information content (AvgIpc) is 2.78. The van der Waals surface area contributed by atoms with Gasteiger partial charge in [0.2, 0.25) is 15.9 Å². The van der Waals surface area contributed by atoms with Crippen LogP contribution < -0.4 is 0 Å². The van der Waals surface area contributed by atoms with Gasteiger partial charge in [0.05, 0.1) is 5.92 Å². The minimum atomic E-state index is -4.05. The second-order valence-corrected chi connectivity index (χ2v) is 8.69. The number of pyridine rings is 1. The van der Waals surface area contributed by atoms with Crippen molar-refractivity contribution >= 4 is 15.9 Å². The molecule has 27 heavy (non-hydrogen) atoms. The Balaban J connectivity index is 1.93. The van der Waals surface area contributed by atoms with Gasteiger partial charge in [-0.05, 0) is 36.8 Å². The maximum Gasteiger partial charge on any atom is 0.246 e. The first-order chi connectivity index (χ1) is 12.8. The number of sulfonamides is 1. The number of halogens is 1. The van der Waals surface area contributed by atoms with E-state index in [-0.39, 0.29) is 30.4 Å². The molecule has 0 N–H and O–H groups in total. The molecule has 8 heteroatoms. The Morgan fingerprint density at radius 3 is 2.70 bits per heavy atom. The second kappa shape index (κ2) is 7.74. The van der Waals surface area contributed by atoms with Crippen LogP contribution >= 0.6 is 0 Å². The Morgan fingerprint density at radius 1 is 1.22 bits per heavy atom. The zero-order valence-corrected chi connectivity index (χ0v) is 16.1. The number of carbonyl (C=O) groups excluding carboxylic acids is 1. The standard InChI is InChI=1S/C19H22FN3O3S/c1-14-6-7-17(20)18(11-14)27(25,26)23-10-9-22(2)19(24)15(13-23)12-16-5-3-4-8-21-16/h3-8,11,15H,9-10,12-13H2,1-2H3. The molecule has 1 amide bonds. The lowest BCUT2D eigenvalue weighted by Gasteiger charge is -2.23. The van der Waals surface area contributed by atoms with Crippen LogP contribution in [0.2, 0.25) is 0 Å². The van der Waals surface area contributed by atoms with Crippen molar-refractivity contribution in [2.24, 2.45) is 5.92 Å². The molecular formula is C19H22FN3O3S. The quantitative estimate of drug-likeness (QED) is 0.798. The summed E-state index contributed by atoms with van der Waals surface area (Å²) in [6, 6.07) is 9.42. The Hall–Kier alpha value is -2.32. The minimum Gasteiger partial charge on any atom is -0.344 e. The number of likely N-dealkylation sites (N-methyl/N-ethyl adjacent to an activating group) is 1.